The van der Waals surface area contributed by atoms with Gasteiger partial charge in [-0.3, -0.25) is 0 Å². The van der Waals surface area contributed by atoms with Gasteiger partial charge in [-0.15, -0.1) is 0 Å². The fourth-order valence-corrected chi connectivity index (χ4v) is 3.27. The van der Waals surface area contributed by atoms with Crippen LogP contribution >= 0.6 is 27.5 Å². The summed E-state index contributed by atoms with van der Waals surface area (Å²) in [6, 6.07) is 9.76. The Bertz CT molecular complexity index is 842. The van der Waals surface area contributed by atoms with Gasteiger partial charge in [0.1, 0.15) is 11.6 Å². The maximum atomic E-state index is 6.37. The summed E-state index contributed by atoms with van der Waals surface area (Å²) in [6.45, 7) is 2.06. The van der Waals surface area contributed by atoms with Gasteiger partial charge in [-0.05, 0) is 42.8 Å². The van der Waals surface area contributed by atoms with Crippen molar-refractivity contribution in [1.82, 2.24) is 9.55 Å². The highest BCUT2D eigenvalue weighted by atomic mass is 79.9. The van der Waals surface area contributed by atoms with Crippen molar-refractivity contribution in [2.24, 2.45) is 7.05 Å². The summed E-state index contributed by atoms with van der Waals surface area (Å²) < 4.78 is 8.29. The maximum Gasteiger partial charge on any atom is 0.142 e. The first kappa shape index (κ1) is 14.4. The zero-order valence-corrected chi connectivity index (χ0v) is 14.3. The van der Waals surface area contributed by atoms with Crippen molar-refractivity contribution in [3.63, 3.8) is 0 Å². The molecule has 0 saturated carbocycles. The van der Waals surface area contributed by atoms with E-state index in [2.05, 4.69) is 39.6 Å². The van der Waals surface area contributed by atoms with Gasteiger partial charge in [0, 0.05) is 17.1 Å². The number of nitrogens with zero attached hydrogens (tertiary/aromatic N) is 2. The van der Waals surface area contributed by atoms with Crippen molar-refractivity contribution in [2.75, 3.05) is 7.11 Å². The van der Waals surface area contributed by atoms with Crippen molar-refractivity contribution < 1.29 is 4.74 Å². The summed E-state index contributed by atoms with van der Waals surface area (Å²) in [6.07, 6.45) is 0. The van der Waals surface area contributed by atoms with Crippen LogP contribution in [0.1, 0.15) is 5.56 Å². The minimum absolute atomic E-state index is 0.629. The quantitative estimate of drug-likeness (QED) is 0.641. The lowest BCUT2D eigenvalue weighted by Crippen LogP contribution is -1.93. The molecule has 0 saturated heterocycles. The fourth-order valence-electron chi connectivity index (χ4n) is 2.46. The number of rotatable bonds is 2. The molecule has 0 aliphatic carbocycles. The van der Waals surface area contributed by atoms with Crippen LogP contribution in [0.2, 0.25) is 5.02 Å². The molecule has 0 fully saturated rings. The Hall–Kier alpha value is -1.52. The number of hydrogen-bond donors (Lipinski definition) is 0. The lowest BCUT2D eigenvalue weighted by molar-refractivity contribution is 0.415. The Morgan fingerprint density at radius 1 is 1.24 bits per heavy atom. The third-order valence-electron chi connectivity index (χ3n) is 3.56. The summed E-state index contributed by atoms with van der Waals surface area (Å²) in [5, 5.41) is 0.629. The summed E-state index contributed by atoms with van der Waals surface area (Å²) >= 11 is 9.90. The average Bonchev–Trinajstić information content (AvgIpc) is 2.77. The standard InChI is InChI=1S/C16H14BrClN2O/c1-9-6-10(17)7-14-15(9)19-16(20(14)2)12-5-4-11(21-3)8-13(12)18/h4-8H,1-3H3. The van der Waals surface area contributed by atoms with Crippen LogP contribution in [0.4, 0.5) is 0 Å². The highest BCUT2D eigenvalue weighted by molar-refractivity contribution is 9.10. The Kier molecular flexibility index (Phi) is 3.68. The van der Waals surface area contributed by atoms with Gasteiger partial charge in [-0.25, -0.2) is 4.98 Å². The lowest BCUT2D eigenvalue weighted by Gasteiger charge is -2.07. The van der Waals surface area contributed by atoms with Crippen LogP contribution in [0, 0.1) is 6.92 Å². The first-order chi connectivity index (χ1) is 10.0. The minimum Gasteiger partial charge on any atom is -0.497 e. The predicted octanol–water partition coefficient (Wildman–Crippen LogP) is 4.97. The van der Waals surface area contributed by atoms with E-state index in [9.17, 15) is 0 Å². The molecule has 3 nitrogen and oxygen atoms in total. The molecule has 3 rings (SSSR count). The highest BCUT2D eigenvalue weighted by Crippen LogP contribution is 2.33. The molecule has 21 heavy (non-hydrogen) atoms. The van der Waals surface area contributed by atoms with Crippen LogP contribution in [0.3, 0.4) is 0 Å². The summed E-state index contributed by atoms with van der Waals surface area (Å²) in [5.41, 5.74) is 4.09. The summed E-state index contributed by atoms with van der Waals surface area (Å²) in [7, 11) is 3.62. The van der Waals surface area contributed by atoms with Crippen molar-refractivity contribution in [2.45, 2.75) is 6.92 Å². The number of hydrogen-bond acceptors (Lipinski definition) is 2. The predicted molar refractivity (Wildman–Crippen MR) is 90.1 cm³/mol. The first-order valence-corrected chi connectivity index (χ1v) is 7.65. The first-order valence-electron chi connectivity index (χ1n) is 6.47. The Morgan fingerprint density at radius 2 is 2.00 bits per heavy atom. The molecule has 0 radical (unpaired) electrons. The van der Waals surface area contributed by atoms with E-state index in [1.165, 1.54) is 0 Å². The van der Waals surface area contributed by atoms with E-state index < -0.39 is 0 Å². The highest BCUT2D eigenvalue weighted by Gasteiger charge is 2.15. The zero-order chi connectivity index (χ0) is 15.1. The molecule has 5 heteroatoms. The molecule has 0 N–H and O–H groups in total. The molecule has 108 valence electrons. The van der Waals surface area contributed by atoms with Crippen LogP contribution in [0.15, 0.2) is 34.8 Å². The minimum atomic E-state index is 0.629. The second-order valence-electron chi connectivity index (χ2n) is 4.93. The number of aromatic nitrogens is 2. The third kappa shape index (κ3) is 2.43. The molecule has 2 aromatic carbocycles. The smallest absolute Gasteiger partial charge is 0.142 e. The fraction of sp³-hybridized carbons (Fsp3) is 0.188. The lowest BCUT2D eigenvalue weighted by atomic mass is 10.2. The Labute approximate surface area is 136 Å². The van der Waals surface area contributed by atoms with E-state index in [1.807, 2.05) is 19.2 Å². The van der Waals surface area contributed by atoms with Gasteiger partial charge in [-0.1, -0.05) is 27.5 Å². The number of methoxy groups -OCH3 is 1. The summed E-state index contributed by atoms with van der Waals surface area (Å²) in [4.78, 5) is 4.76. The van der Waals surface area contributed by atoms with Crippen molar-refractivity contribution in [3.05, 3.63) is 45.4 Å². The van der Waals surface area contributed by atoms with Crippen molar-refractivity contribution in [1.29, 1.82) is 0 Å². The Morgan fingerprint density at radius 3 is 2.67 bits per heavy atom. The monoisotopic (exact) mass is 364 g/mol. The van der Waals surface area contributed by atoms with Crippen LogP contribution in [-0.4, -0.2) is 16.7 Å². The zero-order valence-electron chi connectivity index (χ0n) is 11.9. The molecule has 0 unspecified atom stereocenters. The van der Waals surface area contributed by atoms with Crippen LogP contribution in [0.25, 0.3) is 22.4 Å². The van der Waals surface area contributed by atoms with E-state index in [1.54, 1.807) is 13.2 Å². The van der Waals surface area contributed by atoms with E-state index in [-0.39, 0.29) is 0 Å². The van der Waals surface area contributed by atoms with Gasteiger partial charge in [0.25, 0.3) is 0 Å². The molecule has 0 aliphatic rings. The van der Waals surface area contributed by atoms with Gasteiger partial charge in [0.2, 0.25) is 0 Å². The molecular formula is C16H14BrClN2O. The number of benzene rings is 2. The van der Waals surface area contributed by atoms with Crippen molar-refractivity contribution in [3.8, 4) is 17.1 Å². The topological polar surface area (TPSA) is 27.1 Å². The number of imidazole rings is 1. The van der Waals surface area contributed by atoms with E-state index >= 15 is 0 Å². The molecule has 0 aliphatic heterocycles. The van der Waals surface area contributed by atoms with Crippen LogP contribution in [0.5, 0.6) is 5.75 Å². The second-order valence-corrected chi connectivity index (χ2v) is 6.25. The van der Waals surface area contributed by atoms with Crippen molar-refractivity contribution >= 4 is 38.6 Å². The summed E-state index contributed by atoms with van der Waals surface area (Å²) in [5.74, 6) is 1.58. The second kappa shape index (κ2) is 5.35. The molecule has 0 atom stereocenters. The van der Waals surface area contributed by atoms with Crippen LogP contribution in [-0.2, 0) is 7.05 Å². The molecule has 0 bridgehead atoms. The SMILES string of the molecule is COc1ccc(-c2nc3c(C)cc(Br)cc3n2C)c(Cl)c1. The molecule has 1 heterocycles. The molecule has 0 spiro atoms. The van der Waals surface area contributed by atoms with E-state index in [0.717, 1.165) is 38.2 Å². The van der Waals surface area contributed by atoms with Gasteiger partial charge >= 0.3 is 0 Å². The third-order valence-corrected chi connectivity index (χ3v) is 4.33. The molecular weight excluding hydrogens is 352 g/mol. The van der Waals surface area contributed by atoms with E-state index in [0.29, 0.717) is 5.02 Å². The largest absolute Gasteiger partial charge is 0.497 e. The number of fused-ring (bicyclic) bond motifs is 1. The molecule has 3 aromatic rings. The van der Waals surface area contributed by atoms with Gasteiger partial charge < -0.3 is 9.30 Å². The number of aryl methyl sites for hydroxylation is 2. The van der Waals surface area contributed by atoms with Gasteiger partial charge in [-0.2, -0.15) is 0 Å². The van der Waals surface area contributed by atoms with Crippen LogP contribution < -0.4 is 4.74 Å². The number of ether oxygens (including phenoxy) is 1. The normalized spacial score (nSPS) is 11.1. The van der Waals surface area contributed by atoms with E-state index in [4.69, 9.17) is 21.3 Å². The van der Waals surface area contributed by atoms with Gasteiger partial charge in [0.15, 0.2) is 0 Å². The molecule has 1 aromatic heterocycles. The Balaban J connectivity index is 2.26. The maximum absolute atomic E-state index is 6.37. The van der Waals surface area contributed by atoms with Gasteiger partial charge in [0.05, 0.1) is 23.2 Å². The average molecular weight is 366 g/mol. The molecule has 0 amide bonds. The number of halogens is 2.